The van der Waals surface area contributed by atoms with Crippen LogP contribution in [0.25, 0.3) is 0 Å². The molecule has 44 valence electrons. The molecule has 0 bridgehead atoms. The van der Waals surface area contributed by atoms with Crippen LogP contribution in [0.4, 0.5) is 4.39 Å². The van der Waals surface area contributed by atoms with Gasteiger partial charge in [0.05, 0.1) is 18.5 Å². The van der Waals surface area contributed by atoms with Gasteiger partial charge in [0.1, 0.15) is 0 Å². The number of nitrogens with one attached hydrogen (secondary N) is 1. The normalized spacial score (nSPS) is 9.75. The second-order valence-corrected chi connectivity index (χ2v) is 1.36. The molecule has 0 aliphatic rings. The van der Waals surface area contributed by atoms with Gasteiger partial charge in [-0.25, -0.2) is 4.98 Å². The van der Waals surface area contributed by atoms with Gasteiger partial charge in [-0.1, -0.05) is 0 Å². The number of imidazole rings is 1. The summed E-state index contributed by atoms with van der Waals surface area (Å²) >= 11 is 0. The second kappa shape index (κ2) is 1.92. The van der Waals surface area contributed by atoms with Crippen LogP contribution in [0.1, 0.15) is 5.69 Å². The number of aromatic amines is 1. The first-order valence-corrected chi connectivity index (χ1v) is 2.13. The molecule has 0 fully saturated rings. The molecule has 2 N–H and O–H groups in total. The molecule has 0 aliphatic heterocycles. The maximum absolute atomic E-state index is 11.8. The van der Waals surface area contributed by atoms with Crippen LogP contribution in [0.5, 0.6) is 0 Å². The summed E-state index contributed by atoms with van der Waals surface area (Å²) in [5, 5.41) is 8.31. The number of H-pyrrole nitrogens is 1. The Morgan fingerprint density at radius 1 is 1.88 bits per heavy atom. The van der Waals surface area contributed by atoms with Crippen molar-refractivity contribution in [2.75, 3.05) is 0 Å². The highest BCUT2D eigenvalue weighted by Gasteiger charge is 1.93. The minimum absolute atomic E-state index is 0.198. The first-order chi connectivity index (χ1) is 3.83. The zero-order chi connectivity index (χ0) is 5.98. The fourth-order valence-electron chi connectivity index (χ4n) is 0.412. The van der Waals surface area contributed by atoms with E-state index in [1.54, 1.807) is 0 Å². The van der Waals surface area contributed by atoms with Crippen LogP contribution in [0, 0.1) is 6.08 Å². The Morgan fingerprint density at radius 2 is 2.62 bits per heavy atom. The molecule has 8 heavy (non-hydrogen) atoms. The molecule has 0 spiro atoms. The molecule has 0 aromatic carbocycles. The van der Waals surface area contributed by atoms with Crippen molar-refractivity contribution in [1.82, 2.24) is 9.97 Å². The van der Waals surface area contributed by atoms with Crippen LogP contribution in [0.2, 0.25) is 0 Å². The van der Waals surface area contributed by atoms with Gasteiger partial charge in [-0.2, -0.15) is 4.39 Å². The number of halogens is 1. The standard InChI is InChI=1S/C4H5FN2O/c5-4-6-1-3(2-8)7-4/h1,8H,2H2,(H,6,7). The second-order valence-electron chi connectivity index (χ2n) is 1.36. The van der Waals surface area contributed by atoms with Crippen LogP contribution < -0.4 is 0 Å². The van der Waals surface area contributed by atoms with Gasteiger partial charge in [0.2, 0.25) is 0 Å². The van der Waals surface area contributed by atoms with Crippen molar-refractivity contribution in [3.63, 3.8) is 0 Å². The number of rotatable bonds is 1. The lowest BCUT2D eigenvalue weighted by Gasteiger charge is -1.80. The lowest BCUT2D eigenvalue weighted by molar-refractivity contribution is 0.276. The summed E-state index contributed by atoms with van der Waals surface area (Å²) in [6.45, 7) is -0.198. The molecule has 1 rings (SSSR count). The van der Waals surface area contributed by atoms with E-state index < -0.39 is 6.08 Å². The van der Waals surface area contributed by atoms with Crippen molar-refractivity contribution in [3.05, 3.63) is 18.0 Å². The maximum atomic E-state index is 11.8. The Hall–Kier alpha value is -0.900. The molecular weight excluding hydrogens is 111 g/mol. The highest BCUT2D eigenvalue weighted by molar-refractivity contribution is 4.91. The van der Waals surface area contributed by atoms with Gasteiger partial charge < -0.3 is 10.1 Å². The van der Waals surface area contributed by atoms with Gasteiger partial charge >= 0.3 is 0 Å². The highest BCUT2D eigenvalue weighted by atomic mass is 19.1. The van der Waals surface area contributed by atoms with Gasteiger partial charge in [0.15, 0.2) is 0 Å². The smallest absolute Gasteiger partial charge is 0.286 e. The van der Waals surface area contributed by atoms with E-state index >= 15 is 0 Å². The molecule has 0 amide bonds. The van der Waals surface area contributed by atoms with E-state index in [0.29, 0.717) is 5.69 Å². The third-order valence-electron chi connectivity index (χ3n) is 0.768. The topological polar surface area (TPSA) is 48.9 Å². The van der Waals surface area contributed by atoms with Crippen molar-refractivity contribution in [3.8, 4) is 0 Å². The van der Waals surface area contributed by atoms with Crippen molar-refractivity contribution < 1.29 is 9.50 Å². The molecular formula is C4H5FN2O. The Kier molecular flexibility index (Phi) is 1.26. The summed E-state index contributed by atoms with van der Waals surface area (Å²) in [6, 6.07) is 0. The van der Waals surface area contributed by atoms with E-state index in [-0.39, 0.29) is 6.61 Å². The van der Waals surface area contributed by atoms with E-state index in [1.807, 2.05) is 0 Å². The van der Waals surface area contributed by atoms with E-state index in [1.165, 1.54) is 6.20 Å². The molecule has 3 nitrogen and oxygen atoms in total. The van der Waals surface area contributed by atoms with Gasteiger partial charge in [0, 0.05) is 0 Å². The van der Waals surface area contributed by atoms with E-state index in [9.17, 15) is 4.39 Å². The van der Waals surface area contributed by atoms with Crippen LogP contribution in [-0.4, -0.2) is 15.1 Å². The molecule has 0 radical (unpaired) electrons. The fourth-order valence-corrected chi connectivity index (χ4v) is 0.412. The predicted octanol–water partition coefficient (Wildman–Crippen LogP) is 0.0411. The number of aliphatic hydroxyl groups is 1. The van der Waals surface area contributed by atoms with E-state index in [2.05, 4.69) is 9.97 Å². The number of nitrogens with zero attached hydrogens (tertiary/aromatic N) is 1. The minimum Gasteiger partial charge on any atom is -0.390 e. The third-order valence-corrected chi connectivity index (χ3v) is 0.768. The van der Waals surface area contributed by atoms with Gasteiger partial charge in [-0.15, -0.1) is 0 Å². The lowest BCUT2D eigenvalue weighted by atomic mass is 10.5. The molecule has 1 aromatic heterocycles. The number of hydrogen-bond acceptors (Lipinski definition) is 2. The SMILES string of the molecule is OCc1cnc(F)[nH]1. The Morgan fingerprint density at radius 3 is 2.88 bits per heavy atom. The van der Waals surface area contributed by atoms with Crippen molar-refractivity contribution in [2.45, 2.75) is 6.61 Å². The largest absolute Gasteiger partial charge is 0.390 e. The molecule has 0 saturated carbocycles. The van der Waals surface area contributed by atoms with E-state index in [0.717, 1.165) is 0 Å². The Balaban J connectivity index is 2.84. The summed E-state index contributed by atoms with van der Waals surface area (Å²) in [6.07, 6.45) is 0.587. The summed E-state index contributed by atoms with van der Waals surface area (Å²) in [5.74, 6) is 0. The summed E-state index contributed by atoms with van der Waals surface area (Å²) in [5.41, 5.74) is 0.391. The predicted molar refractivity (Wildman–Crippen MR) is 24.5 cm³/mol. The van der Waals surface area contributed by atoms with Gasteiger partial charge in [-0.3, -0.25) is 0 Å². The molecule has 1 aromatic rings. The zero-order valence-electron chi connectivity index (χ0n) is 4.06. The van der Waals surface area contributed by atoms with Crippen molar-refractivity contribution in [1.29, 1.82) is 0 Å². The zero-order valence-corrected chi connectivity index (χ0v) is 4.06. The molecule has 4 heteroatoms. The Labute approximate surface area is 45.2 Å². The summed E-state index contributed by atoms with van der Waals surface area (Å²) in [7, 11) is 0. The highest BCUT2D eigenvalue weighted by Crippen LogP contribution is 1.92. The van der Waals surface area contributed by atoms with Crippen LogP contribution >= 0.6 is 0 Å². The van der Waals surface area contributed by atoms with E-state index in [4.69, 9.17) is 5.11 Å². The molecule has 1 heterocycles. The van der Waals surface area contributed by atoms with Crippen LogP contribution in [0.15, 0.2) is 6.20 Å². The molecule has 0 atom stereocenters. The van der Waals surface area contributed by atoms with Crippen LogP contribution in [-0.2, 0) is 6.61 Å². The average Bonchev–Trinajstić information content (AvgIpc) is 2.14. The molecule has 0 unspecified atom stereocenters. The molecule has 0 saturated heterocycles. The van der Waals surface area contributed by atoms with Crippen molar-refractivity contribution in [2.24, 2.45) is 0 Å². The summed E-state index contributed by atoms with van der Waals surface area (Å²) in [4.78, 5) is 5.40. The minimum atomic E-state index is -0.658. The lowest BCUT2D eigenvalue weighted by Crippen LogP contribution is -1.80. The number of aromatic nitrogens is 2. The number of hydrogen-bond donors (Lipinski definition) is 2. The van der Waals surface area contributed by atoms with Gasteiger partial charge in [0.25, 0.3) is 6.08 Å². The number of aliphatic hydroxyl groups excluding tert-OH is 1. The first-order valence-electron chi connectivity index (χ1n) is 2.13. The molecule has 0 aliphatic carbocycles. The van der Waals surface area contributed by atoms with Crippen molar-refractivity contribution >= 4 is 0 Å². The summed E-state index contributed by atoms with van der Waals surface area (Å²) < 4.78 is 11.8. The third kappa shape index (κ3) is 0.840. The monoisotopic (exact) mass is 116 g/mol. The fraction of sp³-hybridized carbons (Fsp3) is 0.250. The quantitative estimate of drug-likeness (QED) is 0.544. The first kappa shape index (κ1) is 5.24. The van der Waals surface area contributed by atoms with Crippen LogP contribution in [0.3, 0.4) is 0 Å². The van der Waals surface area contributed by atoms with Gasteiger partial charge in [-0.05, 0) is 0 Å². The Bertz CT molecular complexity index is 174. The average molecular weight is 116 g/mol. The maximum Gasteiger partial charge on any atom is 0.286 e.